The van der Waals surface area contributed by atoms with Crippen molar-refractivity contribution in [2.45, 2.75) is 6.92 Å². The molecule has 5 nitrogen and oxygen atoms in total. The second-order valence-corrected chi connectivity index (χ2v) is 4.01. The predicted octanol–water partition coefficient (Wildman–Crippen LogP) is -1.14. The lowest BCUT2D eigenvalue weighted by molar-refractivity contribution is -0.125. The van der Waals surface area contributed by atoms with Gasteiger partial charge < -0.3 is 9.80 Å². The SMILES string of the molecule is CC(CN1CCN(C)CC1)C(=O)NN. The van der Waals surface area contributed by atoms with Crippen LogP contribution in [-0.4, -0.2) is 55.5 Å². The van der Waals surface area contributed by atoms with Crippen LogP contribution in [0.4, 0.5) is 0 Å². The number of nitrogens with one attached hydrogen (secondary N) is 1. The summed E-state index contributed by atoms with van der Waals surface area (Å²) in [6, 6.07) is 0. The zero-order chi connectivity index (χ0) is 10.6. The molecule has 1 amide bonds. The van der Waals surface area contributed by atoms with Crippen molar-refractivity contribution in [1.82, 2.24) is 15.2 Å². The van der Waals surface area contributed by atoms with Gasteiger partial charge in [-0.05, 0) is 7.05 Å². The fourth-order valence-corrected chi connectivity index (χ4v) is 1.64. The molecule has 1 rings (SSSR count). The van der Waals surface area contributed by atoms with E-state index < -0.39 is 0 Å². The van der Waals surface area contributed by atoms with Gasteiger partial charge in [0, 0.05) is 38.6 Å². The van der Waals surface area contributed by atoms with Crippen molar-refractivity contribution in [1.29, 1.82) is 0 Å². The van der Waals surface area contributed by atoms with Crippen molar-refractivity contribution in [3.8, 4) is 0 Å². The molecule has 0 aromatic heterocycles. The average Bonchev–Trinajstić information content (AvgIpc) is 2.20. The highest BCUT2D eigenvalue weighted by Crippen LogP contribution is 2.04. The van der Waals surface area contributed by atoms with Gasteiger partial charge in [0.05, 0.1) is 0 Å². The number of hydrogen-bond acceptors (Lipinski definition) is 4. The Morgan fingerprint density at radius 1 is 1.43 bits per heavy atom. The van der Waals surface area contributed by atoms with E-state index in [1.165, 1.54) is 0 Å². The average molecular weight is 200 g/mol. The van der Waals surface area contributed by atoms with Crippen molar-refractivity contribution < 1.29 is 4.79 Å². The summed E-state index contributed by atoms with van der Waals surface area (Å²) in [6.45, 7) is 6.95. The van der Waals surface area contributed by atoms with Crippen LogP contribution in [0.5, 0.6) is 0 Å². The largest absolute Gasteiger partial charge is 0.304 e. The second-order valence-electron chi connectivity index (χ2n) is 4.01. The van der Waals surface area contributed by atoms with Crippen LogP contribution in [0.1, 0.15) is 6.92 Å². The number of hydrogen-bond donors (Lipinski definition) is 2. The Morgan fingerprint density at radius 2 is 2.00 bits per heavy atom. The lowest BCUT2D eigenvalue weighted by Gasteiger charge is -2.33. The van der Waals surface area contributed by atoms with Crippen LogP contribution in [0.25, 0.3) is 0 Å². The molecular formula is C9H20N4O. The van der Waals surface area contributed by atoms with Crippen LogP contribution in [0.3, 0.4) is 0 Å². The second kappa shape index (κ2) is 5.29. The molecule has 0 radical (unpaired) electrons. The third-order valence-corrected chi connectivity index (χ3v) is 2.72. The lowest BCUT2D eigenvalue weighted by atomic mass is 10.1. The van der Waals surface area contributed by atoms with E-state index in [0.717, 1.165) is 32.7 Å². The van der Waals surface area contributed by atoms with Crippen LogP contribution >= 0.6 is 0 Å². The number of carbonyl (C=O) groups is 1. The molecule has 1 fully saturated rings. The van der Waals surface area contributed by atoms with Gasteiger partial charge in [-0.25, -0.2) is 5.84 Å². The Hall–Kier alpha value is -0.650. The minimum absolute atomic E-state index is 0.0246. The topological polar surface area (TPSA) is 61.6 Å². The number of nitrogens with zero attached hydrogens (tertiary/aromatic N) is 2. The third-order valence-electron chi connectivity index (χ3n) is 2.72. The quantitative estimate of drug-likeness (QED) is 0.343. The van der Waals surface area contributed by atoms with Gasteiger partial charge in [0.25, 0.3) is 0 Å². The first-order valence-electron chi connectivity index (χ1n) is 5.05. The molecule has 82 valence electrons. The highest BCUT2D eigenvalue weighted by atomic mass is 16.2. The summed E-state index contributed by atoms with van der Waals surface area (Å²) in [4.78, 5) is 15.8. The van der Waals surface area contributed by atoms with Gasteiger partial charge in [0.1, 0.15) is 0 Å². The summed E-state index contributed by atoms with van der Waals surface area (Å²) in [5.41, 5.74) is 2.19. The Kier molecular flexibility index (Phi) is 4.31. The molecular weight excluding hydrogens is 180 g/mol. The highest BCUT2D eigenvalue weighted by Gasteiger charge is 2.19. The molecule has 1 heterocycles. The number of likely N-dealkylation sites (N-methyl/N-ethyl adjacent to an activating group) is 1. The summed E-state index contributed by atoms with van der Waals surface area (Å²) >= 11 is 0. The van der Waals surface area contributed by atoms with Crippen LogP contribution in [-0.2, 0) is 4.79 Å². The first-order valence-corrected chi connectivity index (χ1v) is 5.05. The molecule has 5 heteroatoms. The molecule has 0 aliphatic carbocycles. The summed E-state index contributed by atoms with van der Waals surface area (Å²) in [6.07, 6.45) is 0. The predicted molar refractivity (Wildman–Crippen MR) is 55.4 cm³/mol. The first kappa shape index (κ1) is 11.4. The van der Waals surface area contributed by atoms with Gasteiger partial charge in [-0.3, -0.25) is 10.2 Å². The van der Waals surface area contributed by atoms with Crippen LogP contribution in [0.2, 0.25) is 0 Å². The van der Waals surface area contributed by atoms with Crippen molar-refractivity contribution >= 4 is 5.91 Å². The zero-order valence-electron chi connectivity index (χ0n) is 8.99. The number of piperazine rings is 1. The number of hydrazine groups is 1. The van der Waals surface area contributed by atoms with E-state index in [1.807, 2.05) is 6.92 Å². The van der Waals surface area contributed by atoms with E-state index in [9.17, 15) is 4.79 Å². The molecule has 1 atom stereocenters. The zero-order valence-corrected chi connectivity index (χ0v) is 8.99. The van der Waals surface area contributed by atoms with Gasteiger partial charge in [0.2, 0.25) is 5.91 Å². The lowest BCUT2D eigenvalue weighted by Crippen LogP contribution is -2.48. The molecule has 3 N–H and O–H groups in total. The van der Waals surface area contributed by atoms with Crippen molar-refractivity contribution in [2.75, 3.05) is 39.8 Å². The number of carbonyl (C=O) groups excluding carboxylic acids is 1. The summed E-state index contributed by atoms with van der Waals surface area (Å²) in [5, 5.41) is 0. The third kappa shape index (κ3) is 3.25. The Balaban J connectivity index is 2.27. The van der Waals surface area contributed by atoms with Crippen LogP contribution < -0.4 is 11.3 Å². The smallest absolute Gasteiger partial charge is 0.237 e. The van der Waals surface area contributed by atoms with E-state index in [0.29, 0.717) is 0 Å². The minimum atomic E-state index is -0.0797. The number of amides is 1. The van der Waals surface area contributed by atoms with E-state index >= 15 is 0 Å². The van der Waals surface area contributed by atoms with Gasteiger partial charge in [-0.15, -0.1) is 0 Å². The molecule has 1 aliphatic rings. The van der Waals surface area contributed by atoms with Gasteiger partial charge in [-0.2, -0.15) is 0 Å². The molecule has 14 heavy (non-hydrogen) atoms. The maximum absolute atomic E-state index is 11.2. The Bertz CT molecular complexity index is 189. The van der Waals surface area contributed by atoms with E-state index in [1.54, 1.807) is 0 Å². The number of nitrogens with two attached hydrogens (primary N) is 1. The van der Waals surface area contributed by atoms with Gasteiger partial charge in [0.15, 0.2) is 0 Å². The minimum Gasteiger partial charge on any atom is -0.304 e. The summed E-state index contributed by atoms with van der Waals surface area (Å²) < 4.78 is 0. The van der Waals surface area contributed by atoms with Crippen LogP contribution in [0, 0.1) is 5.92 Å². The molecule has 0 aromatic carbocycles. The molecule has 0 spiro atoms. The van der Waals surface area contributed by atoms with E-state index in [-0.39, 0.29) is 11.8 Å². The van der Waals surface area contributed by atoms with Crippen molar-refractivity contribution in [3.05, 3.63) is 0 Å². The molecule has 0 bridgehead atoms. The normalized spacial score (nSPS) is 21.9. The number of rotatable bonds is 3. The Labute approximate surface area is 85.2 Å². The van der Waals surface area contributed by atoms with E-state index in [4.69, 9.17) is 5.84 Å². The fraction of sp³-hybridized carbons (Fsp3) is 0.889. The van der Waals surface area contributed by atoms with E-state index in [2.05, 4.69) is 22.3 Å². The van der Waals surface area contributed by atoms with Crippen molar-refractivity contribution in [3.63, 3.8) is 0 Å². The molecule has 0 saturated carbocycles. The molecule has 1 saturated heterocycles. The standard InChI is InChI=1S/C9H20N4O/c1-8(9(14)11-10)7-13-5-3-12(2)4-6-13/h8H,3-7,10H2,1-2H3,(H,11,14). The maximum atomic E-state index is 11.2. The molecule has 1 aliphatic heterocycles. The van der Waals surface area contributed by atoms with Crippen LogP contribution in [0.15, 0.2) is 0 Å². The maximum Gasteiger partial charge on any atom is 0.237 e. The summed E-state index contributed by atoms with van der Waals surface area (Å²) in [5.74, 6) is 4.97. The summed E-state index contributed by atoms with van der Waals surface area (Å²) in [7, 11) is 2.12. The molecule has 1 unspecified atom stereocenters. The highest BCUT2D eigenvalue weighted by molar-refractivity contribution is 5.77. The first-order chi connectivity index (χ1) is 6.63. The monoisotopic (exact) mass is 200 g/mol. The Morgan fingerprint density at radius 3 is 2.50 bits per heavy atom. The van der Waals surface area contributed by atoms with Gasteiger partial charge >= 0.3 is 0 Å². The molecule has 0 aromatic rings. The fourth-order valence-electron chi connectivity index (χ4n) is 1.64. The van der Waals surface area contributed by atoms with Crippen molar-refractivity contribution in [2.24, 2.45) is 11.8 Å². The van der Waals surface area contributed by atoms with Gasteiger partial charge in [-0.1, -0.05) is 6.92 Å².